The summed E-state index contributed by atoms with van der Waals surface area (Å²) in [6.07, 6.45) is 0.315. The van der Waals surface area contributed by atoms with Gasteiger partial charge in [0.1, 0.15) is 0 Å². The maximum Gasteiger partial charge on any atom is 0.242 e. The van der Waals surface area contributed by atoms with E-state index in [4.69, 9.17) is 4.74 Å². The zero-order valence-corrected chi connectivity index (χ0v) is 11.0. The lowest BCUT2D eigenvalue weighted by Gasteiger charge is -2.26. The van der Waals surface area contributed by atoms with E-state index < -0.39 is 0 Å². The molecule has 2 heterocycles. The molecule has 1 aliphatic heterocycles. The molecule has 0 bridgehead atoms. The summed E-state index contributed by atoms with van der Waals surface area (Å²) in [6.45, 7) is 2.29. The zero-order chi connectivity index (χ0) is 13.8. The van der Waals surface area contributed by atoms with Gasteiger partial charge in [0.25, 0.3) is 0 Å². The van der Waals surface area contributed by atoms with Gasteiger partial charge in [0.2, 0.25) is 17.7 Å². The largest absolute Gasteiger partial charge is 0.481 e. The van der Waals surface area contributed by atoms with E-state index in [0.29, 0.717) is 18.8 Å². The van der Waals surface area contributed by atoms with E-state index in [-0.39, 0.29) is 24.4 Å². The van der Waals surface area contributed by atoms with Crippen LogP contribution in [0.3, 0.4) is 0 Å². The molecule has 0 aliphatic carbocycles. The third-order valence-corrected chi connectivity index (χ3v) is 3.09. The lowest BCUT2D eigenvalue weighted by atomic mass is 10.2. The highest BCUT2D eigenvalue weighted by atomic mass is 16.5. The third kappa shape index (κ3) is 3.21. The molecule has 1 aromatic rings. The smallest absolute Gasteiger partial charge is 0.242 e. The topological polar surface area (TPSA) is 71.5 Å². The number of carbonyl (C=O) groups is 2. The minimum atomic E-state index is -0.136. The van der Waals surface area contributed by atoms with Gasteiger partial charge in [-0.05, 0) is 13.0 Å². The number of nitrogens with zero attached hydrogens (tertiary/aromatic N) is 2. The van der Waals surface area contributed by atoms with Gasteiger partial charge in [0, 0.05) is 18.5 Å². The molecule has 1 aromatic heterocycles. The molecule has 0 spiro atoms. The van der Waals surface area contributed by atoms with E-state index in [1.807, 2.05) is 19.1 Å². The molecule has 1 N–H and O–H groups in total. The van der Waals surface area contributed by atoms with E-state index in [1.165, 1.54) is 0 Å². The molecule has 6 nitrogen and oxygen atoms in total. The average Bonchev–Trinajstić information content (AvgIpc) is 2.52. The van der Waals surface area contributed by atoms with Gasteiger partial charge in [0.15, 0.2) is 0 Å². The zero-order valence-electron chi connectivity index (χ0n) is 11.0. The van der Waals surface area contributed by atoms with Crippen molar-refractivity contribution in [3.05, 3.63) is 23.9 Å². The number of methoxy groups -OCH3 is 1. The van der Waals surface area contributed by atoms with Gasteiger partial charge in [-0.2, -0.15) is 0 Å². The Hall–Kier alpha value is -2.11. The van der Waals surface area contributed by atoms with Crippen LogP contribution in [0.4, 0.5) is 0 Å². The molecule has 0 aromatic carbocycles. The van der Waals surface area contributed by atoms with Gasteiger partial charge in [-0.25, -0.2) is 4.98 Å². The van der Waals surface area contributed by atoms with Crippen LogP contribution in [0, 0.1) is 0 Å². The Labute approximate surface area is 111 Å². The predicted molar refractivity (Wildman–Crippen MR) is 68.4 cm³/mol. The highest BCUT2D eigenvalue weighted by molar-refractivity contribution is 5.87. The van der Waals surface area contributed by atoms with Crippen molar-refractivity contribution in [1.29, 1.82) is 0 Å². The van der Waals surface area contributed by atoms with Crippen molar-refractivity contribution in [3.63, 3.8) is 0 Å². The normalized spacial score (nSPS) is 19.9. The number of ether oxygens (including phenoxy) is 1. The lowest BCUT2D eigenvalue weighted by molar-refractivity contribution is -0.132. The number of hydrogen-bond acceptors (Lipinski definition) is 4. The highest BCUT2D eigenvalue weighted by Gasteiger charge is 2.26. The minimum absolute atomic E-state index is 0.0488. The molecule has 1 unspecified atom stereocenters. The van der Waals surface area contributed by atoms with Gasteiger partial charge in [0.05, 0.1) is 25.9 Å². The quantitative estimate of drug-likeness (QED) is 0.853. The fourth-order valence-electron chi connectivity index (χ4n) is 2.05. The van der Waals surface area contributed by atoms with E-state index >= 15 is 0 Å². The van der Waals surface area contributed by atoms with E-state index in [0.717, 1.165) is 5.69 Å². The van der Waals surface area contributed by atoms with Crippen LogP contribution in [0.15, 0.2) is 18.2 Å². The SMILES string of the molecule is COc1cccc(CN2C(=O)CNC(=O)CC2C)n1. The fraction of sp³-hybridized carbons (Fsp3) is 0.462. The van der Waals surface area contributed by atoms with Crippen LogP contribution in [0.5, 0.6) is 5.88 Å². The number of nitrogens with one attached hydrogen (secondary N) is 1. The average molecular weight is 263 g/mol. The first kappa shape index (κ1) is 13.3. The van der Waals surface area contributed by atoms with Gasteiger partial charge < -0.3 is 15.0 Å². The Morgan fingerprint density at radius 1 is 1.47 bits per heavy atom. The van der Waals surface area contributed by atoms with E-state index in [1.54, 1.807) is 18.1 Å². The second-order valence-corrected chi connectivity index (χ2v) is 4.52. The summed E-state index contributed by atoms with van der Waals surface area (Å²) in [6, 6.07) is 5.28. The summed E-state index contributed by atoms with van der Waals surface area (Å²) in [5.41, 5.74) is 0.744. The van der Waals surface area contributed by atoms with E-state index in [2.05, 4.69) is 10.3 Å². The minimum Gasteiger partial charge on any atom is -0.481 e. The number of amides is 2. The molecule has 102 valence electrons. The van der Waals surface area contributed by atoms with Gasteiger partial charge in [-0.1, -0.05) is 6.07 Å². The molecule has 1 atom stereocenters. The van der Waals surface area contributed by atoms with Crippen LogP contribution >= 0.6 is 0 Å². The highest BCUT2D eigenvalue weighted by Crippen LogP contribution is 2.14. The molecule has 1 aliphatic rings. The standard InChI is InChI=1S/C13H17N3O3/c1-9-6-11(17)14-7-13(18)16(9)8-10-4-3-5-12(15-10)19-2/h3-5,9H,6-8H2,1-2H3,(H,14,17). The van der Waals surface area contributed by atoms with Crippen LogP contribution in [0.25, 0.3) is 0 Å². The van der Waals surface area contributed by atoms with Gasteiger partial charge in [-0.3, -0.25) is 9.59 Å². The molecule has 2 amide bonds. The molecule has 6 heteroatoms. The van der Waals surface area contributed by atoms with E-state index in [9.17, 15) is 9.59 Å². The van der Waals surface area contributed by atoms with Crippen molar-refractivity contribution in [3.8, 4) is 5.88 Å². The van der Waals surface area contributed by atoms with Crippen molar-refractivity contribution in [2.45, 2.75) is 25.9 Å². The molecule has 0 saturated carbocycles. The van der Waals surface area contributed by atoms with Crippen molar-refractivity contribution >= 4 is 11.8 Å². The number of hydrogen-bond donors (Lipinski definition) is 1. The Bertz CT molecular complexity index is 490. The summed E-state index contributed by atoms with van der Waals surface area (Å²) in [7, 11) is 1.55. The van der Waals surface area contributed by atoms with Crippen molar-refractivity contribution in [2.75, 3.05) is 13.7 Å². The fourth-order valence-corrected chi connectivity index (χ4v) is 2.05. The Balaban J connectivity index is 2.15. The number of rotatable bonds is 3. The monoisotopic (exact) mass is 263 g/mol. The first-order valence-corrected chi connectivity index (χ1v) is 6.16. The summed E-state index contributed by atoms with van der Waals surface area (Å²) in [5.74, 6) is 0.326. The summed E-state index contributed by atoms with van der Waals surface area (Å²) < 4.78 is 5.06. The molecule has 1 saturated heterocycles. The summed E-state index contributed by atoms with van der Waals surface area (Å²) in [5, 5.41) is 2.59. The van der Waals surface area contributed by atoms with Crippen LogP contribution in [-0.2, 0) is 16.1 Å². The predicted octanol–water partition coefficient (Wildman–Crippen LogP) is 0.327. The van der Waals surface area contributed by atoms with Crippen LogP contribution in [0.2, 0.25) is 0 Å². The Morgan fingerprint density at radius 3 is 3.00 bits per heavy atom. The number of aromatic nitrogens is 1. The van der Waals surface area contributed by atoms with Crippen LogP contribution in [-0.4, -0.2) is 41.4 Å². The molecular weight excluding hydrogens is 246 g/mol. The van der Waals surface area contributed by atoms with Crippen molar-refractivity contribution in [2.24, 2.45) is 0 Å². The lowest BCUT2D eigenvalue weighted by Crippen LogP contribution is -2.39. The van der Waals surface area contributed by atoms with Crippen LogP contribution < -0.4 is 10.1 Å². The van der Waals surface area contributed by atoms with Crippen LogP contribution in [0.1, 0.15) is 19.0 Å². The maximum absolute atomic E-state index is 12.0. The first-order valence-electron chi connectivity index (χ1n) is 6.16. The van der Waals surface area contributed by atoms with Crippen molar-refractivity contribution in [1.82, 2.24) is 15.2 Å². The molecule has 2 rings (SSSR count). The number of pyridine rings is 1. The molecule has 0 radical (unpaired) electrons. The summed E-state index contributed by atoms with van der Waals surface area (Å²) in [4.78, 5) is 29.3. The number of carbonyl (C=O) groups excluding carboxylic acids is 2. The molecular formula is C13H17N3O3. The molecule has 1 fully saturated rings. The van der Waals surface area contributed by atoms with Crippen molar-refractivity contribution < 1.29 is 14.3 Å². The van der Waals surface area contributed by atoms with Gasteiger partial charge in [-0.15, -0.1) is 0 Å². The maximum atomic E-state index is 12.0. The summed E-state index contributed by atoms with van der Waals surface area (Å²) >= 11 is 0. The Kier molecular flexibility index (Phi) is 3.99. The van der Waals surface area contributed by atoms with Gasteiger partial charge >= 0.3 is 0 Å². The first-order chi connectivity index (χ1) is 9.10. The molecule has 19 heavy (non-hydrogen) atoms. The second kappa shape index (κ2) is 5.69. The second-order valence-electron chi connectivity index (χ2n) is 4.52. The Morgan fingerprint density at radius 2 is 2.26 bits per heavy atom. The third-order valence-electron chi connectivity index (χ3n) is 3.09.